The van der Waals surface area contributed by atoms with Gasteiger partial charge >= 0.3 is 0 Å². The van der Waals surface area contributed by atoms with E-state index in [-0.39, 0.29) is 0 Å². The van der Waals surface area contributed by atoms with Gasteiger partial charge in [0.1, 0.15) is 11.8 Å². The van der Waals surface area contributed by atoms with Gasteiger partial charge in [0.2, 0.25) is 0 Å². The molecule has 80 valence electrons. The molecule has 0 bridgehead atoms. The summed E-state index contributed by atoms with van der Waals surface area (Å²) >= 11 is 1.34. The van der Waals surface area contributed by atoms with Crippen molar-refractivity contribution in [2.75, 3.05) is 0 Å². The molecule has 0 fully saturated rings. The molecule has 0 N–H and O–H groups in total. The molecule has 0 aliphatic rings. The van der Waals surface area contributed by atoms with E-state index in [1.807, 2.05) is 30.8 Å². The molecule has 0 radical (unpaired) electrons. The number of nitrogens with zero attached hydrogens (tertiary/aromatic N) is 5. The first kappa shape index (κ1) is 10.6. The maximum Gasteiger partial charge on any atom is 0.196 e. The van der Waals surface area contributed by atoms with Gasteiger partial charge in [-0.2, -0.15) is 5.26 Å². The van der Waals surface area contributed by atoms with Gasteiger partial charge < -0.3 is 4.57 Å². The first-order chi connectivity index (χ1) is 7.69. The van der Waals surface area contributed by atoms with E-state index in [0.29, 0.717) is 10.9 Å². The van der Waals surface area contributed by atoms with Crippen molar-refractivity contribution in [3.05, 3.63) is 29.8 Å². The van der Waals surface area contributed by atoms with Crippen LogP contribution >= 0.6 is 11.8 Å². The van der Waals surface area contributed by atoms with E-state index in [0.717, 1.165) is 10.9 Å². The summed E-state index contributed by atoms with van der Waals surface area (Å²) in [4.78, 5) is 12.5. The normalized spacial score (nSPS) is 10.1. The Labute approximate surface area is 97.2 Å². The van der Waals surface area contributed by atoms with Crippen molar-refractivity contribution in [3.63, 3.8) is 0 Å². The third kappa shape index (κ3) is 2.20. The molecule has 16 heavy (non-hydrogen) atoms. The molecule has 0 aromatic carbocycles. The standard InChI is InChI=1S/C10H9N5S/c1-7-5-8(6-11)14-9(13-7)16-10-12-3-4-15(10)2/h3-5H,1-2H3. The lowest BCUT2D eigenvalue weighted by molar-refractivity contribution is 0.784. The maximum atomic E-state index is 8.80. The van der Waals surface area contributed by atoms with E-state index in [2.05, 4.69) is 15.0 Å². The fraction of sp³-hybridized carbons (Fsp3) is 0.200. The van der Waals surface area contributed by atoms with Crippen molar-refractivity contribution in [1.29, 1.82) is 5.26 Å². The summed E-state index contributed by atoms with van der Waals surface area (Å²) in [5.74, 6) is 0. The van der Waals surface area contributed by atoms with Gasteiger partial charge in [0, 0.05) is 25.1 Å². The Balaban J connectivity index is 2.32. The predicted octanol–water partition coefficient (Wildman–Crippen LogP) is 1.54. The molecule has 0 amide bonds. The van der Waals surface area contributed by atoms with Gasteiger partial charge in [0.25, 0.3) is 0 Å². The van der Waals surface area contributed by atoms with E-state index >= 15 is 0 Å². The monoisotopic (exact) mass is 231 g/mol. The Morgan fingerprint density at radius 3 is 2.88 bits per heavy atom. The van der Waals surface area contributed by atoms with E-state index < -0.39 is 0 Å². The smallest absolute Gasteiger partial charge is 0.196 e. The molecule has 2 aromatic rings. The lowest BCUT2D eigenvalue weighted by Crippen LogP contribution is -1.95. The van der Waals surface area contributed by atoms with Gasteiger partial charge in [-0.3, -0.25) is 0 Å². The first-order valence-electron chi connectivity index (χ1n) is 4.60. The zero-order valence-corrected chi connectivity index (χ0v) is 9.69. The van der Waals surface area contributed by atoms with Crippen LogP contribution in [-0.2, 0) is 7.05 Å². The number of hydrogen-bond donors (Lipinski definition) is 0. The molecule has 0 saturated heterocycles. The molecule has 0 aliphatic heterocycles. The molecule has 2 heterocycles. The van der Waals surface area contributed by atoms with Crippen LogP contribution in [0.25, 0.3) is 0 Å². The van der Waals surface area contributed by atoms with Crippen LogP contribution in [0.1, 0.15) is 11.4 Å². The Bertz CT molecular complexity index is 555. The third-order valence-electron chi connectivity index (χ3n) is 1.91. The quantitative estimate of drug-likeness (QED) is 0.733. The number of nitriles is 1. The second-order valence-electron chi connectivity index (χ2n) is 3.21. The SMILES string of the molecule is Cc1cc(C#N)nc(Sc2nccn2C)n1. The van der Waals surface area contributed by atoms with Gasteiger partial charge in [-0.05, 0) is 24.8 Å². The van der Waals surface area contributed by atoms with Crippen LogP contribution in [0, 0.1) is 18.3 Å². The molecule has 0 aliphatic carbocycles. The van der Waals surface area contributed by atoms with Gasteiger partial charge in [0.15, 0.2) is 10.3 Å². The summed E-state index contributed by atoms with van der Waals surface area (Å²) in [5.41, 5.74) is 1.16. The summed E-state index contributed by atoms with van der Waals surface area (Å²) < 4.78 is 1.88. The molecular formula is C10H9N5S. The average Bonchev–Trinajstić information content (AvgIpc) is 2.63. The minimum Gasteiger partial charge on any atom is -0.329 e. The lowest BCUT2D eigenvalue weighted by atomic mass is 10.4. The average molecular weight is 231 g/mol. The highest BCUT2D eigenvalue weighted by atomic mass is 32.2. The lowest BCUT2D eigenvalue weighted by Gasteiger charge is -2.01. The van der Waals surface area contributed by atoms with E-state index in [9.17, 15) is 0 Å². The predicted molar refractivity (Wildman–Crippen MR) is 58.8 cm³/mol. The minimum absolute atomic E-state index is 0.379. The van der Waals surface area contributed by atoms with Crippen LogP contribution in [-0.4, -0.2) is 19.5 Å². The Morgan fingerprint density at radius 1 is 1.44 bits per heavy atom. The van der Waals surface area contributed by atoms with E-state index in [4.69, 9.17) is 5.26 Å². The summed E-state index contributed by atoms with van der Waals surface area (Å²) in [6.45, 7) is 1.84. The second kappa shape index (κ2) is 4.33. The van der Waals surface area contributed by atoms with Crippen LogP contribution < -0.4 is 0 Å². The van der Waals surface area contributed by atoms with Crippen LogP contribution in [0.15, 0.2) is 28.8 Å². The molecule has 2 aromatic heterocycles. The highest BCUT2D eigenvalue weighted by Gasteiger charge is 2.07. The number of aryl methyl sites for hydroxylation is 2. The van der Waals surface area contributed by atoms with Crippen LogP contribution in [0.5, 0.6) is 0 Å². The van der Waals surface area contributed by atoms with Crippen molar-refractivity contribution in [1.82, 2.24) is 19.5 Å². The van der Waals surface area contributed by atoms with Crippen molar-refractivity contribution in [2.24, 2.45) is 7.05 Å². The molecule has 6 heteroatoms. The molecule has 5 nitrogen and oxygen atoms in total. The summed E-state index contributed by atoms with van der Waals surface area (Å²) in [6.07, 6.45) is 3.56. The Kier molecular flexibility index (Phi) is 2.88. The van der Waals surface area contributed by atoms with Gasteiger partial charge in [-0.15, -0.1) is 0 Å². The number of aromatic nitrogens is 4. The van der Waals surface area contributed by atoms with Crippen LogP contribution in [0.3, 0.4) is 0 Å². The van der Waals surface area contributed by atoms with Crippen molar-refractivity contribution in [3.8, 4) is 6.07 Å². The summed E-state index contributed by atoms with van der Waals surface area (Å²) in [5, 5.41) is 10.1. The van der Waals surface area contributed by atoms with Gasteiger partial charge in [-0.25, -0.2) is 15.0 Å². The number of hydrogen-bond acceptors (Lipinski definition) is 5. The van der Waals surface area contributed by atoms with Crippen LogP contribution in [0.4, 0.5) is 0 Å². The van der Waals surface area contributed by atoms with Gasteiger partial charge in [0.05, 0.1) is 0 Å². The molecule has 0 unspecified atom stereocenters. The van der Waals surface area contributed by atoms with E-state index in [1.54, 1.807) is 12.3 Å². The maximum absolute atomic E-state index is 8.80. The molecule has 0 atom stereocenters. The summed E-state index contributed by atoms with van der Waals surface area (Å²) in [6, 6.07) is 3.67. The number of imidazole rings is 1. The Morgan fingerprint density at radius 2 is 2.25 bits per heavy atom. The summed E-state index contributed by atoms with van der Waals surface area (Å²) in [7, 11) is 1.90. The minimum atomic E-state index is 0.379. The van der Waals surface area contributed by atoms with E-state index in [1.165, 1.54) is 11.8 Å². The highest BCUT2D eigenvalue weighted by molar-refractivity contribution is 7.99. The fourth-order valence-corrected chi connectivity index (χ4v) is 1.99. The number of rotatable bonds is 2. The highest BCUT2D eigenvalue weighted by Crippen LogP contribution is 2.22. The second-order valence-corrected chi connectivity index (χ2v) is 4.15. The topological polar surface area (TPSA) is 67.4 Å². The third-order valence-corrected chi connectivity index (χ3v) is 2.85. The Hall–Kier alpha value is -1.87. The molecule has 0 spiro atoms. The van der Waals surface area contributed by atoms with Crippen LogP contribution in [0.2, 0.25) is 0 Å². The zero-order chi connectivity index (χ0) is 11.5. The van der Waals surface area contributed by atoms with Crippen molar-refractivity contribution < 1.29 is 0 Å². The van der Waals surface area contributed by atoms with Crippen molar-refractivity contribution in [2.45, 2.75) is 17.2 Å². The molecular weight excluding hydrogens is 222 g/mol. The first-order valence-corrected chi connectivity index (χ1v) is 5.41. The zero-order valence-electron chi connectivity index (χ0n) is 8.88. The fourth-order valence-electron chi connectivity index (χ4n) is 1.18. The van der Waals surface area contributed by atoms with Crippen molar-refractivity contribution >= 4 is 11.8 Å². The van der Waals surface area contributed by atoms with Gasteiger partial charge in [-0.1, -0.05) is 0 Å². The molecule has 2 rings (SSSR count). The largest absolute Gasteiger partial charge is 0.329 e. The molecule has 0 saturated carbocycles.